The first-order valence-corrected chi connectivity index (χ1v) is 13.0. The van der Waals surface area contributed by atoms with E-state index < -0.39 is 0 Å². The number of hydrogen-bond acceptors (Lipinski definition) is 2. The summed E-state index contributed by atoms with van der Waals surface area (Å²) in [5, 5.41) is 10.4. The van der Waals surface area contributed by atoms with Gasteiger partial charge in [-0.15, -0.1) is 0 Å². The molecule has 3 rings (SSSR count). The molecule has 1 unspecified atom stereocenters. The van der Waals surface area contributed by atoms with Gasteiger partial charge in [-0.3, -0.25) is 4.99 Å². The Morgan fingerprint density at radius 2 is 1.89 bits per heavy atom. The van der Waals surface area contributed by atoms with Crippen molar-refractivity contribution in [3.8, 4) is 6.07 Å². The highest BCUT2D eigenvalue weighted by molar-refractivity contribution is 6.39. The van der Waals surface area contributed by atoms with Crippen molar-refractivity contribution < 1.29 is 4.39 Å². The van der Waals surface area contributed by atoms with Gasteiger partial charge in [0.25, 0.3) is 0 Å². The van der Waals surface area contributed by atoms with Crippen LogP contribution in [0.4, 0.5) is 4.39 Å². The van der Waals surface area contributed by atoms with Crippen LogP contribution in [0.2, 0.25) is 5.02 Å². The summed E-state index contributed by atoms with van der Waals surface area (Å²) in [5.41, 5.74) is 5.55. The molecule has 6 heteroatoms. The van der Waals surface area contributed by atoms with Gasteiger partial charge in [-0.05, 0) is 68.5 Å². The molecular formula is C30H34Cl2FN3. The maximum atomic E-state index is 14.7. The third kappa shape index (κ3) is 7.82. The average Bonchev–Trinajstić information content (AvgIpc) is 3.27. The van der Waals surface area contributed by atoms with Crippen LogP contribution in [0.1, 0.15) is 82.2 Å². The number of unbranched alkanes of at least 4 members (excludes halogenated alkanes) is 1. The Hall–Kier alpha value is -2.87. The fraction of sp³-hybridized carbons (Fsp3) is 0.333. The molecule has 190 valence electrons. The highest BCUT2D eigenvalue weighted by Gasteiger charge is 2.21. The minimum atomic E-state index is -0.347. The van der Waals surface area contributed by atoms with Crippen molar-refractivity contribution >= 4 is 40.3 Å². The molecule has 0 aliphatic heterocycles. The Kier molecular flexibility index (Phi) is 11.9. The Bertz CT molecular complexity index is 1280. The van der Waals surface area contributed by atoms with Crippen molar-refractivity contribution in [2.75, 3.05) is 0 Å². The second-order valence-corrected chi connectivity index (χ2v) is 9.39. The molecule has 0 fully saturated rings. The molecule has 1 atom stereocenters. The second kappa shape index (κ2) is 14.6. The first-order valence-electron chi connectivity index (χ1n) is 12.3. The van der Waals surface area contributed by atoms with Gasteiger partial charge in [-0.1, -0.05) is 74.7 Å². The number of fused-ring (bicyclic) bond motifs is 1. The van der Waals surface area contributed by atoms with Gasteiger partial charge < -0.3 is 4.98 Å². The SMILES string of the molecule is CCCCc1c(C(C)c2ccc(C#N)cc2)[nH]c2ccc(Cl)c(F)c12.C\C=C(Cl)/C=N/C(C)=C/CC. The van der Waals surface area contributed by atoms with Crippen molar-refractivity contribution in [1.29, 1.82) is 5.26 Å². The zero-order valence-corrected chi connectivity index (χ0v) is 23.1. The number of nitrogens with zero attached hydrogens (tertiary/aromatic N) is 2. The van der Waals surface area contributed by atoms with E-state index in [-0.39, 0.29) is 16.8 Å². The van der Waals surface area contributed by atoms with E-state index in [2.05, 4.69) is 42.9 Å². The van der Waals surface area contributed by atoms with Crippen LogP contribution in [0.5, 0.6) is 0 Å². The molecule has 0 saturated carbocycles. The maximum absolute atomic E-state index is 14.7. The number of aliphatic imine (C=N–C) groups is 1. The summed E-state index contributed by atoms with van der Waals surface area (Å²) in [6, 6.07) is 13.1. The minimum Gasteiger partial charge on any atom is -0.358 e. The third-order valence-corrected chi connectivity index (χ3v) is 6.52. The van der Waals surface area contributed by atoms with Crippen molar-refractivity contribution in [1.82, 2.24) is 4.98 Å². The lowest BCUT2D eigenvalue weighted by Crippen LogP contribution is -2.01. The summed E-state index contributed by atoms with van der Waals surface area (Å²) in [7, 11) is 0. The molecule has 0 amide bonds. The third-order valence-electron chi connectivity index (χ3n) is 5.91. The fourth-order valence-electron chi connectivity index (χ4n) is 3.89. The highest BCUT2D eigenvalue weighted by atomic mass is 35.5. The van der Waals surface area contributed by atoms with Gasteiger partial charge in [0.1, 0.15) is 0 Å². The van der Waals surface area contributed by atoms with E-state index in [1.807, 2.05) is 50.3 Å². The molecule has 1 heterocycles. The topological polar surface area (TPSA) is 51.9 Å². The molecule has 3 nitrogen and oxygen atoms in total. The second-order valence-electron chi connectivity index (χ2n) is 8.55. The number of allylic oxidation sites excluding steroid dienone is 4. The normalized spacial score (nSPS) is 13.0. The van der Waals surface area contributed by atoms with Gasteiger partial charge in [0, 0.05) is 34.4 Å². The van der Waals surface area contributed by atoms with Crippen LogP contribution in [0.3, 0.4) is 0 Å². The van der Waals surface area contributed by atoms with Crippen LogP contribution in [0.25, 0.3) is 10.9 Å². The van der Waals surface area contributed by atoms with Crippen molar-refractivity contribution in [2.24, 2.45) is 4.99 Å². The number of hydrogen-bond donors (Lipinski definition) is 1. The number of aryl methyl sites for hydroxylation is 1. The smallest absolute Gasteiger partial charge is 0.151 e. The maximum Gasteiger partial charge on any atom is 0.151 e. The molecule has 0 bridgehead atoms. The number of nitriles is 1. The van der Waals surface area contributed by atoms with Crippen LogP contribution in [-0.4, -0.2) is 11.2 Å². The summed E-state index contributed by atoms with van der Waals surface area (Å²) >= 11 is 11.7. The minimum absolute atomic E-state index is 0.0742. The summed E-state index contributed by atoms with van der Waals surface area (Å²) < 4.78 is 14.7. The summed E-state index contributed by atoms with van der Waals surface area (Å²) in [5.74, 6) is -0.273. The molecule has 0 saturated heterocycles. The van der Waals surface area contributed by atoms with Gasteiger partial charge in [0.15, 0.2) is 5.82 Å². The zero-order valence-electron chi connectivity index (χ0n) is 21.6. The van der Waals surface area contributed by atoms with E-state index in [0.717, 1.165) is 53.7 Å². The molecule has 0 aliphatic rings. The first kappa shape index (κ1) is 29.4. The number of H-pyrrole nitrogens is 1. The average molecular weight is 527 g/mol. The molecule has 2 aromatic carbocycles. The van der Waals surface area contributed by atoms with E-state index in [9.17, 15) is 4.39 Å². The molecule has 1 N–H and O–H groups in total. The van der Waals surface area contributed by atoms with Crippen molar-refractivity contribution in [2.45, 2.75) is 66.2 Å². The molecule has 0 spiro atoms. The van der Waals surface area contributed by atoms with Crippen molar-refractivity contribution in [3.63, 3.8) is 0 Å². The molecule has 0 radical (unpaired) electrons. The Labute approximate surface area is 224 Å². The van der Waals surface area contributed by atoms with Crippen LogP contribution in [0, 0.1) is 17.1 Å². The van der Waals surface area contributed by atoms with E-state index >= 15 is 0 Å². The monoisotopic (exact) mass is 525 g/mol. The number of halogens is 3. The Morgan fingerprint density at radius 3 is 2.47 bits per heavy atom. The van der Waals surface area contributed by atoms with Crippen LogP contribution < -0.4 is 0 Å². The molecule has 0 aliphatic carbocycles. The quantitative estimate of drug-likeness (QED) is 0.292. The van der Waals surface area contributed by atoms with Gasteiger partial charge in [-0.25, -0.2) is 4.39 Å². The van der Waals surface area contributed by atoms with Crippen LogP contribution in [-0.2, 0) is 6.42 Å². The van der Waals surface area contributed by atoms with Crippen LogP contribution >= 0.6 is 23.2 Å². The number of nitrogens with one attached hydrogen (secondary N) is 1. The van der Waals surface area contributed by atoms with Gasteiger partial charge in [-0.2, -0.15) is 5.26 Å². The van der Waals surface area contributed by atoms with Gasteiger partial charge >= 0.3 is 0 Å². The lowest BCUT2D eigenvalue weighted by molar-refractivity contribution is 0.638. The number of rotatable bonds is 8. The first-order chi connectivity index (χ1) is 17.3. The molecular weight excluding hydrogens is 492 g/mol. The standard InChI is InChI=1S/C21H20ClFN2.C9H14ClN/c1-3-4-5-16-19-18(11-10-17(22)20(19)23)25-21(16)13(2)15-8-6-14(12-24)7-9-15;1-4-6-8(3)11-7-9(10)5-2/h6-11,13,25H,3-5H2,1-2H3;5-7H,4H2,1-3H3/b;8-6+,9-5+,11-7+. The molecule has 36 heavy (non-hydrogen) atoms. The van der Waals surface area contributed by atoms with E-state index in [0.29, 0.717) is 16.0 Å². The Morgan fingerprint density at radius 1 is 1.19 bits per heavy atom. The van der Waals surface area contributed by atoms with E-state index in [4.69, 9.17) is 28.5 Å². The number of aromatic amines is 1. The largest absolute Gasteiger partial charge is 0.358 e. The molecule has 1 aromatic heterocycles. The highest BCUT2D eigenvalue weighted by Crippen LogP contribution is 2.36. The summed E-state index contributed by atoms with van der Waals surface area (Å²) in [6.45, 7) is 10.1. The predicted molar refractivity (Wildman–Crippen MR) is 153 cm³/mol. The molecule has 3 aromatic rings. The van der Waals surface area contributed by atoms with Gasteiger partial charge in [0.2, 0.25) is 0 Å². The fourth-order valence-corrected chi connectivity index (χ4v) is 4.09. The van der Waals surface area contributed by atoms with E-state index in [1.165, 1.54) is 0 Å². The number of aromatic nitrogens is 1. The van der Waals surface area contributed by atoms with E-state index in [1.54, 1.807) is 12.3 Å². The summed E-state index contributed by atoms with van der Waals surface area (Å²) in [6.07, 6.45) is 9.37. The summed E-state index contributed by atoms with van der Waals surface area (Å²) in [4.78, 5) is 7.52. The van der Waals surface area contributed by atoms with Gasteiger partial charge in [0.05, 0.1) is 21.7 Å². The zero-order chi connectivity index (χ0) is 26.7. The lowest BCUT2D eigenvalue weighted by Gasteiger charge is -2.14. The Balaban J connectivity index is 0.000000352. The van der Waals surface area contributed by atoms with Crippen molar-refractivity contribution in [3.05, 3.63) is 92.5 Å². The lowest BCUT2D eigenvalue weighted by atomic mass is 9.92. The predicted octanol–water partition coefficient (Wildman–Crippen LogP) is 9.84. The number of benzene rings is 2. The van der Waals surface area contributed by atoms with Crippen LogP contribution in [0.15, 0.2) is 64.3 Å².